The number of hydrogen-bond donors (Lipinski definition) is 2. The van der Waals surface area contributed by atoms with Crippen LogP contribution in [0.1, 0.15) is 38.1 Å². The number of aromatic nitrogens is 1. The van der Waals surface area contributed by atoms with Gasteiger partial charge in [0.25, 0.3) is 0 Å². The zero-order valence-electron chi connectivity index (χ0n) is 15.1. The van der Waals surface area contributed by atoms with E-state index in [0.717, 1.165) is 28.6 Å². The molecular weight excluding hydrogens is 334 g/mol. The number of hydrogen-bond acceptors (Lipinski definition) is 4. The highest BCUT2D eigenvalue weighted by Gasteiger charge is 2.12. The first-order valence-electron chi connectivity index (χ1n) is 8.44. The molecule has 0 radical (unpaired) electrons. The highest BCUT2D eigenvalue weighted by atomic mass is 32.1. The van der Waals surface area contributed by atoms with Gasteiger partial charge in [-0.1, -0.05) is 12.1 Å². The van der Waals surface area contributed by atoms with Gasteiger partial charge in [0.2, 0.25) is 0 Å². The van der Waals surface area contributed by atoms with Gasteiger partial charge in [0.15, 0.2) is 16.6 Å². The molecule has 6 heteroatoms. The van der Waals surface area contributed by atoms with E-state index >= 15 is 0 Å². The summed E-state index contributed by atoms with van der Waals surface area (Å²) >= 11 is 5.39. The van der Waals surface area contributed by atoms with Crippen LogP contribution < -0.4 is 20.1 Å². The lowest BCUT2D eigenvalue weighted by Crippen LogP contribution is -2.31. The predicted octanol–water partition coefficient (Wildman–Crippen LogP) is 4.24. The minimum atomic E-state index is 0.0136. The van der Waals surface area contributed by atoms with E-state index in [0.29, 0.717) is 18.3 Å². The third-order valence-corrected chi connectivity index (χ3v) is 3.76. The fourth-order valence-electron chi connectivity index (χ4n) is 2.38. The fraction of sp³-hybridized carbons (Fsp3) is 0.368. The Bertz CT molecular complexity index is 722. The number of benzene rings is 1. The first kappa shape index (κ1) is 19.0. The normalized spacial score (nSPS) is 11.5. The first-order chi connectivity index (χ1) is 12.0. The van der Waals surface area contributed by atoms with Crippen LogP contribution in [-0.4, -0.2) is 23.3 Å². The number of anilines is 1. The Balaban J connectivity index is 2.05. The van der Waals surface area contributed by atoms with E-state index in [9.17, 15) is 0 Å². The number of thiocarbonyl (C=S) groups is 1. The molecule has 1 unspecified atom stereocenters. The van der Waals surface area contributed by atoms with Crippen LogP contribution in [0.3, 0.4) is 0 Å². The topological polar surface area (TPSA) is 55.4 Å². The van der Waals surface area contributed by atoms with Crippen molar-refractivity contribution in [3.63, 3.8) is 0 Å². The molecule has 0 aliphatic carbocycles. The highest BCUT2D eigenvalue weighted by Crippen LogP contribution is 2.30. The molecule has 1 atom stereocenters. The zero-order chi connectivity index (χ0) is 18.2. The van der Waals surface area contributed by atoms with Gasteiger partial charge < -0.3 is 20.1 Å². The smallest absolute Gasteiger partial charge is 0.172 e. The van der Waals surface area contributed by atoms with Gasteiger partial charge in [-0.05, 0) is 69.7 Å². The maximum absolute atomic E-state index is 5.68. The summed E-state index contributed by atoms with van der Waals surface area (Å²) in [5.74, 6) is 2.23. The van der Waals surface area contributed by atoms with Crippen LogP contribution in [0.2, 0.25) is 0 Å². The van der Waals surface area contributed by atoms with Gasteiger partial charge in [-0.3, -0.25) is 0 Å². The van der Waals surface area contributed by atoms with Crippen molar-refractivity contribution in [2.45, 2.75) is 33.7 Å². The molecule has 1 heterocycles. The van der Waals surface area contributed by atoms with Crippen molar-refractivity contribution in [3.8, 4) is 11.5 Å². The highest BCUT2D eigenvalue weighted by molar-refractivity contribution is 7.80. The number of pyridine rings is 1. The number of nitrogens with zero attached hydrogens (tertiary/aromatic N) is 1. The Labute approximate surface area is 154 Å². The summed E-state index contributed by atoms with van der Waals surface area (Å²) in [5, 5.41) is 6.90. The lowest BCUT2D eigenvalue weighted by atomic mass is 10.1. The zero-order valence-corrected chi connectivity index (χ0v) is 15.9. The quantitative estimate of drug-likeness (QED) is 0.722. The van der Waals surface area contributed by atoms with Gasteiger partial charge in [-0.25, -0.2) is 4.98 Å². The van der Waals surface area contributed by atoms with Crippen LogP contribution in [-0.2, 0) is 0 Å². The second-order valence-corrected chi connectivity index (χ2v) is 5.96. The van der Waals surface area contributed by atoms with Gasteiger partial charge in [0.05, 0.1) is 19.3 Å². The standard InChI is InChI=1S/C19H25N3O2S/c1-5-23-16-11-10-15(12-17(16)24-6-2)14(4)21-19(25)22-18-9-7-8-13(3)20-18/h7-12,14H,5-6H2,1-4H3,(H2,20,21,22,25). The SMILES string of the molecule is CCOc1ccc(C(C)NC(=S)Nc2cccc(C)n2)cc1OCC. The molecule has 0 saturated heterocycles. The number of rotatable bonds is 7. The molecule has 1 aromatic carbocycles. The summed E-state index contributed by atoms with van der Waals surface area (Å²) in [5.41, 5.74) is 2.00. The molecule has 1 aromatic heterocycles. The molecule has 25 heavy (non-hydrogen) atoms. The molecule has 2 rings (SSSR count). The van der Waals surface area contributed by atoms with E-state index in [4.69, 9.17) is 21.7 Å². The lowest BCUT2D eigenvalue weighted by Gasteiger charge is -2.19. The van der Waals surface area contributed by atoms with Crippen LogP contribution in [0.5, 0.6) is 11.5 Å². The molecular formula is C19H25N3O2S. The molecule has 0 saturated carbocycles. The van der Waals surface area contributed by atoms with Crippen molar-refractivity contribution in [3.05, 3.63) is 47.7 Å². The summed E-state index contributed by atoms with van der Waals surface area (Å²) in [4.78, 5) is 4.39. The molecule has 0 bridgehead atoms. The molecule has 2 N–H and O–H groups in total. The van der Waals surface area contributed by atoms with E-state index in [-0.39, 0.29) is 6.04 Å². The van der Waals surface area contributed by atoms with E-state index < -0.39 is 0 Å². The number of ether oxygens (including phenoxy) is 2. The van der Waals surface area contributed by atoms with Gasteiger partial charge in [-0.15, -0.1) is 0 Å². The average Bonchev–Trinajstić information content (AvgIpc) is 2.56. The van der Waals surface area contributed by atoms with E-state index in [1.54, 1.807) is 0 Å². The molecule has 0 amide bonds. The third-order valence-electron chi connectivity index (χ3n) is 3.54. The van der Waals surface area contributed by atoms with Crippen molar-refractivity contribution in [1.82, 2.24) is 10.3 Å². The summed E-state index contributed by atoms with van der Waals surface area (Å²) in [6, 6.07) is 11.7. The maximum Gasteiger partial charge on any atom is 0.172 e. The second-order valence-electron chi connectivity index (χ2n) is 5.56. The second kappa shape index (κ2) is 9.22. The molecule has 134 valence electrons. The molecule has 0 spiro atoms. The Morgan fingerprint density at radius 3 is 2.52 bits per heavy atom. The van der Waals surface area contributed by atoms with Gasteiger partial charge in [0, 0.05) is 5.69 Å². The Morgan fingerprint density at radius 2 is 1.84 bits per heavy atom. The minimum absolute atomic E-state index is 0.0136. The molecule has 5 nitrogen and oxygen atoms in total. The summed E-state index contributed by atoms with van der Waals surface area (Å²) in [7, 11) is 0. The largest absolute Gasteiger partial charge is 0.490 e. The van der Waals surface area contributed by atoms with Crippen molar-refractivity contribution < 1.29 is 9.47 Å². The van der Waals surface area contributed by atoms with Crippen molar-refractivity contribution >= 4 is 23.1 Å². The monoisotopic (exact) mass is 359 g/mol. The molecule has 0 aliphatic heterocycles. The lowest BCUT2D eigenvalue weighted by molar-refractivity contribution is 0.287. The molecule has 2 aromatic rings. The summed E-state index contributed by atoms with van der Waals surface area (Å²) < 4.78 is 11.3. The van der Waals surface area contributed by atoms with Gasteiger partial charge >= 0.3 is 0 Å². The van der Waals surface area contributed by atoms with Crippen LogP contribution in [0.15, 0.2) is 36.4 Å². The predicted molar refractivity (Wildman–Crippen MR) is 106 cm³/mol. The van der Waals surface area contributed by atoms with Gasteiger partial charge in [0.1, 0.15) is 5.82 Å². The average molecular weight is 359 g/mol. The van der Waals surface area contributed by atoms with Crippen LogP contribution >= 0.6 is 12.2 Å². The minimum Gasteiger partial charge on any atom is -0.490 e. The Hall–Kier alpha value is -2.34. The fourth-order valence-corrected chi connectivity index (χ4v) is 2.66. The van der Waals surface area contributed by atoms with Crippen molar-refractivity contribution in [1.29, 1.82) is 0 Å². The van der Waals surface area contributed by atoms with E-state index in [1.807, 2.05) is 64.1 Å². The van der Waals surface area contributed by atoms with Crippen LogP contribution in [0.25, 0.3) is 0 Å². The Kier molecular flexibility index (Phi) is 7.01. The first-order valence-corrected chi connectivity index (χ1v) is 8.85. The van der Waals surface area contributed by atoms with Crippen molar-refractivity contribution in [2.75, 3.05) is 18.5 Å². The Morgan fingerprint density at radius 1 is 1.12 bits per heavy atom. The van der Waals surface area contributed by atoms with Crippen LogP contribution in [0, 0.1) is 6.92 Å². The maximum atomic E-state index is 5.68. The third kappa shape index (κ3) is 5.60. The number of nitrogens with one attached hydrogen (secondary N) is 2. The summed E-state index contributed by atoms with van der Waals surface area (Å²) in [6.07, 6.45) is 0. The van der Waals surface area contributed by atoms with E-state index in [1.165, 1.54) is 0 Å². The van der Waals surface area contributed by atoms with Gasteiger partial charge in [-0.2, -0.15) is 0 Å². The van der Waals surface area contributed by atoms with Crippen LogP contribution in [0.4, 0.5) is 5.82 Å². The molecule has 0 fully saturated rings. The number of aryl methyl sites for hydroxylation is 1. The van der Waals surface area contributed by atoms with E-state index in [2.05, 4.69) is 15.6 Å². The molecule has 0 aliphatic rings. The summed E-state index contributed by atoms with van der Waals surface area (Å²) in [6.45, 7) is 9.09. The van der Waals surface area contributed by atoms with Crippen molar-refractivity contribution in [2.24, 2.45) is 0 Å².